The van der Waals surface area contributed by atoms with E-state index in [2.05, 4.69) is 22.7 Å². The van der Waals surface area contributed by atoms with Crippen LogP contribution in [0.3, 0.4) is 0 Å². The first-order valence-corrected chi connectivity index (χ1v) is 8.69. The summed E-state index contributed by atoms with van der Waals surface area (Å²) in [5.41, 5.74) is 6.24. The molecule has 0 spiro atoms. The number of aromatic nitrogens is 2. The van der Waals surface area contributed by atoms with E-state index in [-0.39, 0.29) is 5.75 Å². The average Bonchev–Trinajstić information content (AvgIpc) is 3.00. The number of nitriles is 1. The molecule has 0 saturated carbocycles. The van der Waals surface area contributed by atoms with Crippen molar-refractivity contribution in [3.05, 3.63) is 70.9 Å². The molecule has 130 valence electrons. The van der Waals surface area contributed by atoms with Crippen LogP contribution in [0.2, 0.25) is 0 Å². The van der Waals surface area contributed by atoms with Crippen molar-refractivity contribution in [2.24, 2.45) is 0 Å². The lowest BCUT2D eigenvalue weighted by molar-refractivity contribution is 0.308. The topological polar surface area (TPSA) is 65.1 Å². The highest BCUT2D eigenvalue weighted by Crippen LogP contribution is 2.31. The Morgan fingerprint density at radius 1 is 1.19 bits per heavy atom. The normalized spacial score (nSPS) is 14.0. The number of phenols is 1. The van der Waals surface area contributed by atoms with Gasteiger partial charge in [0.15, 0.2) is 0 Å². The molecular weight excluding hydrogens is 324 g/mol. The highest BCUT2D eigenvalue weighted by molar-refractivity contribution is 5.65. The standard InChI is InChI=1S/C21H20N4O/c1-24-10-9-20-19(14-24)21(17-5-7-18(26)8-6-17)23-25(20)13-16-4-2-3-15(11-16)12-22/h2-8,11,26H,9-10,13-14H2,1H3. The molecular formula is C21H20N4O. The van der Waals surface area contributed by atoms with Gasteiger partial charge in [0.2, 0.25) is 0 Å². The molecule has 0 radical (unpaired) electrons. The van der Waals surface area contributed by atoms with E-state index >= 15 is 0 Å². The molecule has 0 atom stereocenters. The lowest BCUT2D eigenvalue weighted by Crippen LogP contribution is -2.27. The van der Waals surface area contributed by atoms with E-state index < -0.39 is 0 Å². The number of benzene rings is 2. The fourth-order valence-electron chi connectivity index (χ4n) is 3.52. The largest absolute Gasteiger partial charge is 0.508 e. The number of aromatic hydroxyl groups is 1. The summed E-state index contributed by atoms with van der Waals surface area (Å²) in [7, 11) is 2.12. The second-order valence-electron chi connectivity index (χ2n) is 6.78. The molecule has 26 heavy (non-hydrogen) atoms. The van der Waals surface area contributed by atoms with E-state index in [1.807, 2.05) is 36.4 Å². The fourth-order valence-corrected chi connectivity index (χ4v) is 3.52. The minimum Gasteiger partial charge on any atom is -0.508 e. The van der Waals surface area contributed by atoms with Crippen LogP contribution in [0.4, 0.5) is 0 Å². The van der Waals surface area contributed by atoms with Gasteiger partial charge < -0.3 is 10.0 Å². The number of likely N-dealkylation sites (N-methyl/N-ethyl adjacent to an activating group) is 1. The number of hydrogen-bond acceptors (Lipinski definition) is 4. The molecule has 1 aromatic heterocycles. The molecule has 3 aromatic rings. The number of hydrogen-bond donors (Lipinski definition) is 1. The molecule has 1 aliphatic heterocycles. The Labute approximate surface area is 152 Å². The number of phenolic OH excluding ortho intramolecular Hbond substituents is 1. The van der Waals surface area contributed by atoms with Crippen LogP contribution in [0.15, 0.2) is 48.5 Å². The summed E-state index contributed by atoms with van der Waals surface area (Å²) in [6, 6.07) is 17.1. The molecule has 2 heterocycles. The Bertz CT molecular complexity index is 982. The first kappa shape index (κ1) is 16.4. The minimum absolute atomic E-state index is 0.257. The Kier molecular flexibility index (Phi) is 4.19. The van der Waals surface area contributed by atoms with Gasteiger partial charge in [-0.15, -0.1) is 0 Å². The number of nitrogens with zero attached hydrogens (tertiary/aromatic N) is 4. The quantitative estimate of drug-likeness (QED) is 0.793. The van der Waals surface area contributed by atoms with Crippen LogP contribution in [0.25, 0.3) is 11.3 Å². The van der Waals surface area contributed by atoms with E-state index in [0.29, 0.717) is 12.1 Å². The zero-order valence-electron chi connectivity index (χ0n) is 14.7. The number of rotatable bonds is 3. The van der Waals surface area contributed by atoms with E-state index in [0.717, 1.165) is 36.3 Å². The predicted octanol–water partition coefficient (Wildman–Crippen LogP) is 3.16. The molecule has 1 aliphatic rings. The fraction of sp³-hybridized carbons (Fsp3) is 0.238. The van der Waals surface area contributed by atoms with Gasteiger partial charge in [0.05, 0.1) is 23.9 Å². The molecule has 4 rings (SSSR count). The molecule has 0 bridgehead atoms. The van der Waals surface area contributed by atoms with Gasteiger partial charge in [0.25, 0.3) is 0 Å². The first-order chi connectivity index (χ1) is 12.6. The maximum absolute atomic E-state index is 9.57. The van der Waals surface area contributed by atoms with Crippen molar-refractivity contribution in [1.29, 1.82) is 5.26 Å². The van der Waals surface area contributed by atoms with Crippen molar-refractivity contribution in [2.45, 2.75) is 19.5 Å². The van der Waals surface area contributed by atoms with Gasteiger partial charge in [-0.25, -0.2) is 0 Å². The van der Waals surface area contributed by atoms with Crippen molar-refractivity contribution in [1.82, 2.24) is 14.7 Å². The van der Waals surface area contributed by atoms with E-state index in [9.17, 15) is 5.11 Å². The molecule has 1 N–H and O–H groups in total. The second-order valence-corrected chi connectivity index (χ2v) is 6.78. The van der Waals surface area contributed by atoms with Crippen LogP contribution in [-0.2, 0) is 19.5 Å². The second kappa shape index (κ2) is 6.66. The minimum atomic E-state index is 0.257. The summed E-state index contributed by atoms with van der Waals surface area (Å²) in [5, 5.41) is 23.6. The van der Waals surface area contributed by atoms with E-state index in [4.69, 9.17) is 10.4 Å². The van der Waals surface area contributed by atoms with Crippen molar-refractivity contribution in [2.75, 3.05) is 13.6 Å². The molecule has 0 fully saturated rings. The van der Waals surface area contributed by atoms with Gasteiger partial charge in [-0.1, -0.05) is 12.1 Å². The van der Waals surface area contributed by atoms with Crippen LogP contribution in [-0.4, -0.2) is 33.4 Å². The third kappa shape index (κ3) is 3.07. The van der Waals surface area contributed by atoms with Gasteiger partial charge in [-0.05, 0) is 49.0 Å². The van der Waals surface area contributed by atoms with E-state index in [1.54, 1.807) is 12.1 Å². The van der Waals surface area contributed by atoms with Crippen molar-refractivity contribution in [3.63, 3.8) is 0 Å². The number of fused-ring (bicyclic) bond motifs is 1. The molecule has 5 nitrogen and oxygen atoms in total. The van der Waals surface area contributed by atoms with Gasteiger partial charge in [0.1, 0.15) is 5.75 Å². The monoisotopic (exact) mass is 344 g/mol. The van der Waals surface area contributed by atoms with Crippen LogP contribution in [0, 0.1) is 11.3 Å². The van der Waals surface area contributed by atoms with Crippen LogP contribution in [0.5, 0.6) is 5.75 Å². The Morgan fingerprint density at radius 2 is 2.00 bits per heavy atom. The Balaban J connectivity index is 1.76. The SMILES string of the molecule is CN1CCc2c(c(-c3ccc(O)cc3)nn2Cc2cccc(C#N)c2)C1. The Morgan fingerprint density at radius 3 is 2.77 bits per heavy atom. The summed E-state index contributed by atoms with van der Waals surface area (Å²) in [6.07, 6.45) is 0.953. The highest BCUT2D eigenvalue weighted by Gasteiger charge is 2.24. The van der Waals surface area contributed by atoms with Gasteiger partial charge >= 0.3 is 0 Å². The van der Waals surface area contributed by atoms with Crippen LogP contribution >= 0.6 is 0 Å². The summed E-state index contributed by atoms with van der Waals surface area (Å²) in [6.45, 7) is 2.52. The maximum atomic E-state index is 9.57. The first-order valence-electron chi connectivity index (χ1n) is 8.69. The van der Waals surface area contributed by atoms with Gasteiger partial charge in [-0.3, -0.25) is 4.68 Å². The zero-order chi connectivity index (χ0) is 18.1. The van der Waals surface area contributed by atoms with Gasteiger partial charge in [0, 0.05) is 36.3 Å². The summed E-state index contributed by atoms with van der Waals surface area (Å²) in [4.78, 5) is 2.30. The maximum Gasteiger partial charge on any atom is 0.115 e. The smallest absolute Gasteiger partial charge is 0.115 e. The summed E-state index contributed by atoms with van der Waals surface area (Å²) < 4.78 is 2.07. The lowest BCUT2D eigenvalue weighted by atomic mass is 10.0. The van der Waals surface area contributed by atoms with Crippen molar-refractivity contribution in [3.8, 4) is 23.1 Å². The van der Waals surface area contributed by atoms with E-state index in [1.165, 1.54) is 11.3 Å². The van der Waals surface area contributed by atoms with Gasteiger partial charge in [-0.2, -0.15) is 10.4 Å². The third-order valence-corrected chi connectivity index (χ3v) is 4.85. The van der Waals surface area contributed by atoms with Crippen LogP contribution in [0.1, 0.15) is 22.4 Å². The molecule has 5 heteroatoms. The molecule has 0 saturated heterocycles. The molecule has 0 aliphatic carbocycles. The summed E-state index contributed by atoms with van der Waals surface area (Å²) >= 11 is 0. The molecule has 2 aromatic carbocycles. The third-order valence-electron chi connectivity index (χ3n) is 4.85. The average molecular weight is 344 g/mol. The Hall–Kier alpha value is -3.10. The van der Waals surface area contributed by atoms with Crippen molar-refractivity contribution >= 4 is 0 Å². The molecule has 0 unspecified atom stereocenters. The van der Waals surface area contributed by atoms with Crippen LogP contribution < -0.4 is 0 Å². The molecule has 0 amide bonds. The highest BCUT2D eigenvalue weighted by atomic mass is 16.3. The lowest BCUT2D eigenvalue weighted by Gasteiger charge is -2.23. The van der Waals surface area contributed by atoms with Crippen molar-refractivity contribution < 1.29 is 5.11 Å². The summed E-state index contributed by atoms with van der Waals surface area (Å²) in [5.74, 6) is 0.257. The predicted molar refractivity (Wildman–Crippen MR) is 99.6 cm³/mol. The zero-order valence-corrected chi connectivity index (χ0v) is 14.7.